The van der Waals surface area contributed by atoms with Gasteiger partial charge >= 0.3 is 5.69 Å². The Kier molecular flexibility index (Phi) is 5.13. The van der Waals surface area contributed by atoms with E-state index in [0.717, 1.165) is 38.8 Å². The number of likely N-dealkylation sites (tertiary alicyclic amines) is 1. The van der Waals surface area contributed by atoms with Gasteiger partial charge in [-0.1, -0.05) is 12.8 Å². The van der Waals surface area contributed by atoms with E-state index >= 15 is 0 Å². The predicted octanol–water partition coefficient (Wildman–Crippen LogP) is 2.27. The lowest BCUT2D eigenvalue weighted by atomic mass is 10.0. The average Bonchev–Trinajstić information content (AvgIpc) is 3.07. The summed E-state index contributed by atoms with van der Waals surface area (Å²) in [5.74, 6) is 0.779. The van der Waals surface area contributed by atoms with Gasteiger partial charge in [0.25, 0.3) is 0 Å². The molecule has 3 rings (SSSR count). The van der Waals surface area contributed by atoms with Crippen LogP contribution >= 0.6 is 0 Å². The lowest BCUT2D eigenvalue weighted by Gasteiger charge is -2.35. The summed E-state index contributed by atoms with van der Waals surface area (Å²) in [7, 11) is 4.01. The molecule has 8 nitrogen and oxygen atoms in total. The molecule has 2 aliphatic rings. The van der Waals surface area contributed by atoms with Crippen LogP contribution in [0.4, 0.5) is 17.3 Å². The van der Waals surface area contributed by atoms with Gasteiger partial charge in [0.05, 0.1) is 4.92 Å². The Bertz CT molecular complexity index is 582. The fourth-order valence-corrected chi connectivity index (χ4v) is 3.72. The first-order chi connectivity index (χ1) is 11.6. The Hall–Kier alpha value is -1.96. The summed E-state index contributed by atoms with van der Waals surface area (Å²) < 4.78 is 0. The average molecular weight is 334 g/mol. The van der Waals surface area contributed by atoms with Crippen LogP contribution in [-0.2, 0) is 0 Å². The first-order valence-electron chi connectivity index (χ1n) is 8.73. The van der Waals surface area contributed by atoms with Crippen molar-refractivity contribution in [3.05, 3.63) is 16.4 Å². The maximum atomic E-state index is 11.7. The van der Waals surface area contributed by atoms with Crippen molar-refractivity contribution in [2.75, 3.05) is 37.4 Å². The Labute approximate surface area is 142 Å². The van der Waals surface area contributed by atoms with Gasteiger partial charge < -0.3 is 15.1 Å². The molecule has 0 amide bonds. The van der Waals surface area contributed by atoms with Crippen LogP contribution < -0.4 is 10.2 Å². The van der Waals surface area contributed by atoms with E-state index in [1.807, 2.05) is 11.9 Å². The summed E-state index contributed by atoms with van der Waals surface area (Å²) in [6.07, 6.45) is 7.82. The second-order valence-electron chi connectivity index (χ2n) is 6.92. The highest BCUT2D eigenvalue weighted by molar-refractivity contribution is 5.70. The molecule has 1 aromatic heterocycles. The van der Waals surface area contributed by atoms with Crippen molar-refractivity contribution >= 4 is 17.3 Å². The molecule has 0 radical (unpaired) electrons. The monoisotopic (exact) mass is 334 g/mol. The summed E-state index contributed by atoms with van der Waals surface area (Å²) in [4.78, 5) is 24.0. The van der Waals surface area contributed by atoms with Crippen molar-refractivity contribution in [1.82, 2.24) is 14.9 Å². The molecule has 0 spiro atoms. The van der Waals surface area contributed by atoms with Crippen molar-refractivity contribution in [2.24, 2.45) is 0 Å². The van der Waals surface area contributed by atoms with Gasteiger partial charge in [-0.3, -0.25) is 10.1 Å². The van der Waals surface area contributed by atoms with Gasteiger partial charge in [0.2, 0.25) is 11.6 Å². The number of nitro groups is 1. The minimum absolute atomic E-state index is 0.00540. The highest BCUT2D eigenvalue weighted by Crippen LogP contribution is 2.35. The number of hydrogen-bond donors (Lipinski definition) is 1. The van der Waals surface area contributed by atoms with Crippen LogP contribution in [0.5, 0.6) is 0 Å². The van der Waals surface area contributed by atoms with Crippen molar-refractivity contribution < 1.29 is 4.92 Å². The molecule has 1 N–H and O–H groups in total. The maximum absolute atomic E-state index is 11.7. The molecule has 24 heavy (non-hydrogen) atoms. The topological polar surface area (TPSA) is 87.4 Å². The van der Waals surface area contributed by atoms with Gasteiger partial charge in [-0.2, -0.15) is 0 Å². The van der Waals surface area contributed by atoms with Gasteiger partial charge in [0, 0.05) is 19.1 Å². The summed E-state index contributed by atoms with van der Waals surface area (Å²) >= 11 is 0. The standard InChI is InChI=1S/C16H26N6O2/c1-20-9-7-13(8-10-20)21(2)16-14(22(23)24)15(17-11-18-16)19-12-5-3-4-6-12/h11-13H,3-10H2,1-2H3,(H,17,18,19). The number of hydrogen-bond acceptors (Lipinski definition) is 7. The number of aromatic nitrogens is 2. The van der Waals surface area contributed by atoms with E-state index in [-0.39, 0.29) is 22.7 Å². The maximum Gasteiger partial charge on any atom is 0.353 e. The van der Waals surface area contributed by atoms with Crippen LogP contribution in [-0.4, -0.2) is 59.1 Å². The molecule has 0 atom stereocenters. The molecule has 2 heterocycles. The zero-order chi connectivity index (χ0) is 17.1. The molecule has 0 aromatic carbocycles. The Morgan fingerprint density at radius 3 is 2.54 bits per heavy atom. The van der Waals surface area contributed by atoms with Crippen LogP contribution in [0.15, 0.2) is 6.33 Å². The minimum atomic E-state index is -0.349. The fourth-order valence-electron chi connectivity index (χ4n) is 3.72. The van der Waals surface area contributed by atoms with E-state index in [1.54, 1.807) is 0 Å². The van der Waals surface area contributed by atoms with Crippen molar-refractivity contribution in [3.8, 4) is 0 Å². The SMILES string of the molecule is CN1CCC(N(C)c2ncnc(NC3CCCC3)c2[N+](=O)[O-])CC1. The van der Waals surface area contributed by atoms with Gasteiger partial charge in [0.15, 0.2) is 0 Å². The van der Waals surface area contributed by atoms with E-state index in [2.05, 4.69) is 27.2 Å². The third-order valence-electron chi connectivity index (χ3n) is 5.25. The number of piperidine rings is 1. The van der Waals surface area contributed by atoms with E-state index in [9.17, 15) is 10.1 Å². The Morgan fingerprint density at radius 1 is 1.25 bits per heavy atom. The summed E-state index contributed by atoms with van der Waals surface area (Å²) in [6, 6.07) is 0.550. The highest BCUT2D eigenvalue weighted by Gasteiger charge is 2.31. The second-order valence-corrected chi connectivity index (χ2v) is 6.92. The third kappa shape index (κ3) is 3.58. The van der Waals surface area contributed by atoms with Crippen LogP contribution in [0.1, 0.15) is 38.5 Å². The molecule has 1 saturated carbocycles. The summed E-state index contributed by atoms with van der Waals surface area (Å²) in [6.45, 7) is 2.00. The van der Waals surface area contributed by atoms with Crippen LogP contribution in [0.3, 0.4) is 0 Å². The first kappa shape index (κ1) is 16.9. The van der Waals surface area contributed by atoms with Crippen LogP contribution in [0.2, 0.25) is 0 Å². The molecule has 0 unspecified atom stereocenters. The second kappa shape index (κ2) is 7.29. The first-order valence-corrected chi connectivity index (χ1v) is 8.73. The molecule has 1 aliphatic carbocycles. The Balaban J connectivity index is 1.84. The van der Waals surface area contributed by atoms with Crippen LogP contribution in [0.25, 0.3) is 0 Å². The summed E-state index contributed by atoms with van der Waals surface area (Å²) in [5, 5.41) is 15.0. The molecule has 2 fully saturated rings. The van der Waals surface area contributed by atoms with Gasteiger partial charge in [-0.25, -0.2) is 9.97 Å². The number of nitrogens with one attached hydrogen (secondary N) is 1. The van der Waals surface area contributed by atoms with Crippen molar-refractivity contribution in [1.29, 1.82) is 0 Å². The molecule has 132 valence electrons. The lowest BCUT2D eigenvalue weighted by molar-refractivity contribution is -0.383. The molecular formula is C16H26N6O2. The Morgan fingerprint density at radius 2 is 1.92 bits per heavy atom. The van der Waals surface area contributed by atoms with E-state index in [0.29, 0.717) is 11.6 Å². The molecule has 8 heteroatoms. The fraction of sp³-hybridized carbons (Fsp3) is 0.750. The zero-order valence-corrected chi connectivity index (χ0v) is 14.4. The highest BCUT2D eigenvalue weighted by atomic mass is 16.6. The molecule has 0 bridgehead atoms. The minimum Gasteiger partial charge on any atom is -0.361 e. The quantitative estimate of drug-likeness (QED) is 0.653. The van der Waals surface area contributed by atoms with E-state index in [1.165, 1.54) is 19.2 Å². The van der Waals surface area contributed by atoms with Gasteiger partial charge in [-0.05, 0) is 45.8 Å². The largest absolute Gasteiger partial charge is 0.361 e. The van der Waals surface area contributed by atoms with Gasteiger partial charge in [-0.15, -0.1) is 0 Å². The molecule has 1 saturated heterocycles. The van der Waals surface area contributed by atoms with E-state index < -0.39 is 0 Å². The zero-order valence-electron chi connectivity index (χ0n) is 14.4. The molecular weight excluding hydrogens is 308 g/mol. The van der Waals surface area contributed by atoms with Gasteiger partial charge in [0.1, 0.15) is 6.33 Å². The smallest absolute Gasteiger partial charge is 0.353 e. The van der Waals surface area contributed by atoms with E-state index in [4.69, 9.17) is 0 Å². The molecule has 1 aromatic rings. The van der Waals surface area contributed by atoms with Crippen molar-refractivity contribution in [2.45, 2.75) is 50.6 Å². The predicted molar refractivity (Wildman–Crippen MR) is 93.5 cm³/mol. The normalized spacial score (nSPS) is 20.2. The van der Waals surface area contributed by atoms with Crippen molar-refractivity contribution in [3.63, 3.8) is 0 Å². The lowest BCUT2D eigenvalue weighted by Crippen LogP contribution is -2.42. The number of nitrogens with zero attached hydrogens (tertiary/aromatic N) is 5. The molecule has 1 aliphatic heterocycles. The third-order valence-corrected chi connectivity index (χ3v) is 5.25. The number of anilines is 2. The summed E-state index contributed by atoms with van der Waals surface area (Å²) in [5.41, 5.74) is 0.00540. The van der Waals surface area contributed by atoms with Crippen LogP contribution in [0, 0.1) is 10.1 Å². The number of rotatable bonds is 5.